The maximum absolute atomic E-state index is 10.7. The molecule has 0 fully saturated rings. The molecular weight excluding hydrogens is 290 g/mol. The van der Waals surface area contributed by atoms with Crippen molar-refractivity contribution < 1.29 is 9.90 Å². The van der Waals surface area contributed by atoms with Gasteiger partial charge in [-0.25, -0.2) is 4.79 Å². The van der Waals surface area contributed by atoms with E-state index in [1.54, 1.807) is 6.07 Å². The van der Waals surface area contributed by atoms with Crippen LogP contribution in [0.25, 0.3) is 0 Å². The molecule has 2 N–H and O–H groups in total. The number of aromatic carboxylic acids is 1. The lowest BCUT2D eigenvalue weighted by Gasteiger charge is -1.98. The van der Waals surface area contributed by atoms with Gasteiger partial charge in [0.1, 0.15) is 0 Å². The number of aromatic amines is 1. The number of H-pyrrole nitrogens is 1. The molecule has 1 aromatic heterocycles. The minimum Gasteiger partial charge on any atom is -0.478 e. The molecule has 1 aromatic carbocycles. The van der Waals surface area contributed by atoms with E-state index in [4.69, 9.17) is 5.11 Å². The number of carbonyl (C=O) groups is 1. The Labute approximate surface area is 105 Å². The molecule has 0 aliphatic carbocycles. The molecule has 0 saturated carbocycles. The van der Waals surface area contributed by atoms with E-state index >= 15 is 0 Å². The molecule has 82 valence electrons. The van der Waals surface area contributed by atoms with E-state index in [0.717, 1.165) is 14.4 Å². The number of carboxylic acid groups (broad SMARTS) is 1. The monoisotopic (exact) mass is 297 g/mol. The van der Waals surface area contributed by atoms with Crippen LogP contribution in [0.15, 0.2) is 50.9 Å². The van der Waals surface area contributed by atoms with Crippen molar-refractivity contribution in [2.45, 2.75) is 9.92 Å². The number of rotatable bonds is 3. The highest BCUT2D eigenvalue weighted by Crippen LogP contribution is 2.28. The number of hydrogen-bond donors (Lipinski definition) is 2. The van der Waals surface area contributed by atoms with Crippen LogP contribution in [0.1, 0.15) is 10.4 Å². The average Bonchev–Trinajstić information content (AvgIpc) is 2.70. The maximum Gasteiger partial charge on any atom is 0.337 e. The molecule has 0 spiro atoms. The normalized spacial score (nSPS) is 10.3. The van der Waals surface area contributed by atoms with Gasteiger partial charge in [-0.2, -0.15) is 0 Å². The maximum atomic E-state index is 10.7. The van der Waals surface area contributed by atoms with E-state index in [1.165, 1.54) is 18.0 Å². The van der Waals surface area contributed by atoms with Crippen molar-refractivity contribution in [2.24, 2.45) is 0 Å². The molecule has 0 saturated heterocycles. The first-order chi connectivity index (χ1) is 7.65. The summed E-state index contributed by atoms with van der Waals surface area (Å²) in [5.41, 5.74) is 0.277. The van der Waals surface area contributed by atoms with Gasteiger partial charge in [0.15, 0.2) is 0 Å². The highest BCUT2D eigenvalue weighted by molar-refractivity contribution is 9.10. The predicted octanol–water partition coefficient (Wildman–Crippen LogP) is 3.63. The fourth-order valence-corrected chi connectivity index (χ4v) is 2.28. The van der Waals surface area contributed by atoms with Crippen LogP contribution in [0, 0.1) is 0 Å². The van der Waals surface area contributed by atoms with E-state index in [1.807, 2.05) is 24.3 Å². The van der Waals surface area contributed by atoms with Gasteiger partial charge in [-0.3, -0.25) is 0 Å². The fraction of sp³-hybridized carbons (Fsp3) is 0. The first-order valence-electron chi connectivity index (χ1n) is 4.50. The summed E-state index contributed by atoms with van der Waals surface area (Å²) < 4.78 is 1.02. The van der Waals surface area contributed by atoms with Gasteiger partial charge < -0.3 is 10.1 Å². The van der Waals surface area contributed by atoms with Crippen molar-refractivity contribution in [3.8, 4) is 0 Å². The summed E-state index contributed by atoms with van der Waals surface area (Å²) in [7, 11) is 0. The molecule has 0 aliphatic rings. The summed E-state index contributed by atoms with van der Waals surface area (Å²) in [6.45, 7) is 0. The fourth-order valence-electron chi connectivity index (χ4n) is 1.19. The van der Waals surface area contributed by atoms with E-state index in [-0.39, 0.29) is 5.56 Å². The predicted molar refractivity (Wildman–Crippen MR) is 66.0 cm³/mol. The van der Waals surface area contributed by atoms with Gasteiger partial charge in [0.2, 0.25) is 0 Å². The van der Waals surface area contributed by atoms with Gasteiger partial charge in [0.05, 0.1) is 10.6 Å². The van der Waals surface area contributed by atoms with Gasteiger partial charge in [-0.1, -0.05) is 27.7 Å². The summed E-state index contributed by atoms with van der Waals surface area (Å²) in [6, 6.07) is 9.45. The minimum atomic E-state index is -0.918. The quantitative estimate of drug-likeness (QED) is 0.910. The van der Waals surface area contributed by atoms with E-state index < -0.39 is 5.97 Å². The second kappa shape index (κ2) is 4.76. The van der Waals surface area contributed by atoms with Crippen LogP contribution in [-0.2, 0) is 0 Å². The van der Waals surface area contributed by atoms with Gasteiger partial charge >= 0.3 is 5.97 Å². The van der Waals surface area contributed by atoms with Crippen LogP contribution in [0.3, 0.4) is 0 Å². The zero-order valence-electron chi connectivity index (χ0n) is 8.11. The van der Waals surface area contributed by atoms with Crippen LogP contribution < -0.4 is 0 Å². The molecule has 16 heavy (non-hydrogen) atoms. The molecule has 2 rings (SSSR count). The largest absolute Gasteiger partial charge is 0.478 e. The Balaban J connectivity index is 2.14. The number of aromatic nitrogens is 1. The van der Waals surface area contributed by atoms with E-state index in [9.17, 15) is 4.79 Å². The van der Waals surface area contributed by atoms with Crippen molar-refractivity contribution in [3.63, 3.8) is 0 Å². The summed E-state index contributed by atoms with van der Waals surface area (Å²) in [4.78, 5) is 14.7. The highest BCUT2D eigenvalue weighted by Gasteiger charge is 2.06. The van der Waals surface area contributed by atoms with E-state index in [0.29, 0.717) is 0 Å². The standard InChI is InChI=1S/C11H8BrNO2S/c12-8-1-3-9(4-2-8)16-10-5-7(6-13-10)11(14)15/h1-6,13H,(H,14,15). The third-order valence-corrected chi connectivity index (χ3v) is 3.44. The molecule has 0 atom stereocenters. The average molecular weight is 298 g/mol. The number of halogens is 1. The molecule has 0 unspecified atom stereocenters. The number of nitrogens with one attached hydrogen (secondary N) is 1. The highest BCUT2D eigenvalue weighted by atomic mass is 79.9. The summed E-state index contributed by atoms with van der Waals surface area (Å²) in [5, 5.41) is 9.58. The Hall–Kier alpha value is -1.20. The van der Waals surface area contributed by atoms with Gasteiger partial charge in [-0.15, -0.1) is 0 Å². The third-order valence-electron chi connectivity index (χ3n) is 1.94. The van der Waals surface area contributed by atoms with Gasteiger partial charge in [0.25, 0.3) is 0 Å². The van der Waals surface area contributed by atoms with Crippen LogP contribution in [0.2, 0.25) is 0 Å². The van der Waals surface area contributed by atoms with Crippen LogP contribution in [-0.4, -0.2) is 16.1 Å². The minimum absolute atomic E-state index is 0.277. The number of benzene rings is 1. The molecule has 3 nitrogen and oxygen atoms in total. The molecule has 5 heteroatoms. The Morgan fingerprint density at radius 1 is 1.31 bits per heavy atom. The molecule has 0 bridgehead atoms. The van der Waals surface area contributed by atoms with Crippen molar-refractivity contribution >= 4 is 33.7 Å². The molecule has 0 radical (unpaired) electrons. The van der Waals surface area contributed by atoms with Crippen LogP contribution >= 0.6 is 27.7 Å². The number of hydrogen-bond acceptors (Lipinski definition) is 2. The van der Waals surface area contributed by atoms with Gasteiger partial charge in [-0.05, 0) is 30.3 Å². The van der Waals surface area contributed by atoms with Crippen molar-refractivity contribution in [1.82, 2.24) is 4.98 Å². The Morgan fingerprint density at radius 3 is 2.56 bits per heavy atom. The summed E-state index contributed by atoms with van der Waals surface area (Å²) >= 11 is 4.85. The van der Waals surface area contributed by atoms with Gasteiger partial charge in [0, 0.05) is 15.6 Å². The van der Waals surface area contributed by atoms with Crippen molar-refractivity contribution in [2.75, 3.05) is 0 Å². The van der Waals surface area contributed by atoms with Crippen molar-refractivity contribution in [1.29, 1.82) is 0 Å². The lowest BCUT2D eigenvalue weighted by molar-refractivity contribution is 0.0697. The second-order valence-corrected chi connectivity index (χ2v) is 5.14. The lowest BCUT2D eigenvalue weighted by Crippen LogP contribution is -1.91. The Kier molecular flexibility index (Phi) is 3.36. The summed E-state index contributed by atoms with van der Waals surface area (Å²) in [6.07, 6.45) is 1.49. The molecule has 2 aromatic rings. The summed E-state index contributed by atoms with van der Waals surface area (Å²) in [5.74, 6) is -0.918. The first kappa shape index (κ1) is 11.3. The first-order valence-corrected chi connectivity index (χ1v) is 6.11. The molecular formula is C11H8BrNO2S. The molecule has 0 amide bonds. The Bertz CT molecular complexity index is 507. The second-order valence-electron chi connectivity index (χ2n) is 3.11. The zero-order valence-corrected chi connectivity index (χ0v) is 10.5. The smallest absolute Gasteiger partial charge is 0.337 e. The van der Waals surface area contributed by atoms with E-state index in [2.05, 4.69) is 20.9 Å². The topological polar surface area (TPSA) is 53.1 Å². The Morgan fingerprint density at radius 2 is 2.00 bits per heavy atom. The zero-order chi connectivity index (χ0) is 11.5. The van der Waals surface area contributed by atoms with Crippen LogP contribution in [0.5, 0.6) is 0 Å². The molecule has 1 heterocycles. The third kappa shape index (κ3) is 2.68. The van der Waals surface area contributed by atoms with Crippen molar-refractivity contribution in [3.05, 3.63) is 46.6 Å². The lowest BCUT2D eigenvalue weighted by atomic mass is 10.4. The number of carboxylic acids is 1. The SMILES string of the molecule is O=C(O)c1c[nH]c(Sc2ccc(Br)cc2)c1. The van der Waals surface area contributed by atoms with Crippen LogP contribution in [0.4, 0.5) is 0 Å². The molecule has 0 aliphatic heterocycles.